The Morgan fingerprint density at radius 3 is 3.00 bits per heavy atom. The van der Waals surface area contributed by atoms with E-state index in [1.165, 1.54) is 12.1 Å². The van der Waals surface area contributed by atoms with Gasteiger partial charge in [-0.15, -0.1) is 0 Å². The molecule has 1 heterocycles. The van der Waals surface area contributed by atoms with Crippen molar-refractivity contribution in [2.75, 3.05) is 6.54 Å². The lowest BCUT2D eigenvalue weighted by atomic mass is 10.0. The molecule has 0 bridgehead atoms. The molecule has 1 aliphatic rings. The molecule has 1 aliphatic heterocycles. The van der Waals surface area contributed by atoms with Crippen molar-refractivity contribution >= 4 is 0 Å². The second-order valence-electron chi connectivity index (χ2n) is 2.74. The summed E-state index contributed by atoms with van der Waals surface area (Å²) in [5.41, 5.74) is 1.38. The Balaban J connectivity index is 2.53. The minimum Gasteiger partial charge on any atom is -0.385 e. The molecule has 0 aromatic carbocycles. The Morgan fingerprint density at radius 2 is 2.50 bits per heavy atom. The third kappa shape index (κ3) is 1.63. The molecule has 0 amide bonds. The number of hydrogen-bond acceptors (Lipinski definition) is 1. The van der Waals surface area contributed by atoms with Crippen molar-refractivity contribution in [2.24, 2.45) is 5.92 Å². The summed E-state index contributed by atoms with van der Waals surface area (Å²) in [6, 6.07) is 0. The van der Waals surface area contributed by atoms with Crippen LogP contribution in [0.3, 0.4) is 0 Å². The van der Waals surface area contributed by atoms with Gasteiger partial charge in [0, 0.05) is 12.2 Å². The van der Waals surface area contributed by atoms with Crippen LogP contribution in [0.25, 0.3) is 0 Å². The van der Waals surface area contributed by atoms with E-state index in [1.54, 1.807) is 0 Å². The lowest BCUT2D eigenvalue weighted by Gasteiger charge is -2.17. The number of nitrogens with one attached hydrogen (secondary N) is 1. The van der Waals surface area contributed by atoms with Gasteiger partial charge in [-0.3, -0.25) is 0 Å². The zero-order valence-corrected chi connectivity index (χ0v) is 6.72. The van der Waals surface area contributed by atoms with Crippen molar-refractivity contribution in [3.8, 4) is 0 Å². The highest BCUT2D eigenvalue weighted by Crippen LogP contribution is 2.12. The molecule has 0 aliphatic carbocycles. The van der Waals surface area contributed by atoms with Crippen LogP contribution < -0.4 is 5.32 Å². The van der Waals surface area contributed by atoms with Gasteiger partial charge in [0.05, 0.1) is 0 Å². The van der Waals surface area contributed by atoms with Gasteiger partial charge in [0.25, 0.3) is 0 Å². The fraction of sp³-hybridized carbons (Fsp3) is 0.556. The van der Waals surface area contributed by atoms with Crippen LogP contribution in [0.15, 0.2) is 23.9 Å². The molecule has 1 N–H and O–H groups in total. The number of allylic oxidation sites excluding steroid dienone is 3. The van der Waals surface area contributed by atoms with E-state index in [0.29, 0.717) is 5.92 Å². The van der Waals surface area contributed by atoms with Crippen LogP contribution >= 0.6 is 0 Å². The molecule has 0 saturated heterocycles. The van der Waals surface area contributed by atoms with Crippen molar-refractivity contribution in [1.29, 1.82) is 0 Å². The minimum absolute atomic E-state index is 0.685. The Labute approximate surface area is 62.8 Å². The average molecular weight is 137 g/mol. The largest absolute Gasteiger partial charge is 0.385 e. The zero-order chi connectivity index (χ0) is 7.40. The van der Waals surface area contributed by atoms with Crippen LogP contribution in [-0.2, 0) is 0 Å². The maximum absolute atomic E-state index is 3.34. The highest BCUT2D eigenvalue weighted by Gasteiger charge is 2.05. The van der Waals surface area contributed by atoms with Crippen LogP contribution in [0.4, 0.5) is 0 Å². The molecular weight excluding hydrogens is 122 g/mol. The van der Waals surface area contributed by atoms with Crippen molar-refractivity contribution in [3.05, 3.63) is 23.9 Å². The molecule has 0 saturated carbocycles. The van der Waals surface area contributed by atoms with Crippen molar-refractivity contribution in [1.82, 2.24) is 5.32 Å². The van der Waals surface area contributed by atoms with Crippen LogP contribution in [0.2, 0.25) is 0 Å². The average Bonchev–Trinajstić information content (AvgIpc) is 2.05. The Morgan fingerprint density at radius 1 is 1.70 bits per heavy atom. The molecular formula is C9H15N. The van der Waals surface area contributed by atoms with Crippen LogP contribution in [0.1, 0.15) is 20.3 Å². The van der Waals surface area contributed by atoms with E-state index in [1.807, 2.05) is 0 Å². The van der Waals surface area contributed by atoms with E-state index >= 15 is 0 Å². The van der Waals surface area contributed by atoms with Gasteiger partial charge in [-0.1, -0.05) is 26.0 Å². The van der Waals surface area contributed by atoms with Crippen LogP contribution in [0, 0.1) is 5.92 Å². The summed E-state index contributed by atoms with van der Waals surface area (Å²) in [6.45, 7) is 5.46. The summed E-state index contributed by atoms with van der Waals surface area (Å²) in [5, 5.41) is 3.34. The van der Waals surface area contributed by atoms with E-state index in [9.17, 15) is 0 Å². The Hall–Kier alpha value is -0.720. The third-order valence-electron chi connectivity index (χ3n) is 1.98. The molecule has 0 fully saturated rings. The standard InChI is InChI=1S/C9H15N/c1-3-8(2)9-6-4-5-7-10-9/h4-6,8,10H,3,7H2,1-2H3/t8-/m0/s1. The molecule has 0 aromatic heterocycles. The quantitative estimate of drug-likeness (QED) is 0.614. The highest BCUT2D eigenvalue weighted by molar-refractivity contribution is 5.18. The van der Waals surface area contributed by atoms with Gasteiger partial charge >= 0.3 is 0 Å². The van der Waals surface area contributed by atoms with Gasteiger partial charge in [0.1, 0.15) is 0 Å². The smallest absolute Gasteiger partial charge is 0.0330 e. The number of dihydropyridines is 1. The Bertz CT molecular complexity index is 156. The molecule has 10 heavy (non-hydrogen) atoms. The topological polar surface area (TPSA) is 12.0 Å². The van der Waals surface area contributed by atoms with E-state index in [-0.39, 0.29) is 0 Å². The summed E-state index contributed by atoms with van der Waals surface area (Å²) in [7, 11) is 0. The fourth-order valence-corrected chi connectivity index (χ4v) is 1.03. The first-order valence-electron chi connectivity index (χ1n) is 3.95. The molecule has 0 radical (unpaired) electrons. The first-order valence-corrected chi connectivity index (χ1v) is 3.95. The molecule has 0 aromatic rings. The van der Waals surface area contributed by atoms with Crippen molar-refractivity contribution < 1.29 is 0 Å². The van der Waals surface area contributed by atoms with Gasteiger partial charge in [0.15, 0.2) is 0 Å². The van der Waals surface area contributed by atoms with Crippen LogP contribution in [0.5, 0.6) is 0 Å². The van der Waals surface area contributed by atoms with Gasteiger partial charge in [0.2, 0.25) is 0 Å². The maximum atomic E-state index is 3.34. The molecule has 1 atom stereocenters. The number of rotatable bonds is 2. The van der Waals surface area contributed by atoms with E-state index in [0.717, 1.165) is 6.54 Å². The summed E-state index contributed by atoms with van der Waals surface area (Å²) >= 11 is 0. The maximum Gasteiger partial charge on any atom is 0.0330 e. The number of hydrogen-bond donors (Lipinski definition) is 1. The van der Waals surface area contributed by atoms with Gasteiger partial charge in [-0.05, 0) is 18.4 Å². The summed E-state index contributed by atoms with van der Waals surface area (Å²) in [6.07, 6.45) is 7.63. The van der Waals surface area contributed by atoms with Gasteiger partial charge < -0.3 is 5.32 Å². The third-order valence-corrected chi connectivity index (χ3v) is 1.98. The predicted molar refractivity (Wildman–Crippen MR) is 44.7 cm³/mol. The van der Waals surface area contributed by atoms with Gasteiger partial charge in [-0.2, -0.15) is 0 Å². The van der Waals surface area contributed by atoms with Crippen LogP contribution in [-0.4, -0.2) is 6.54 Å². The normalized spacial score (nSPS) is 19.6. The predicted octanol–water partition coefficient (Wildman–Crippen LogP) is 2.08. The molecule has 1 heteroatoms. The van der Waals surface area contributed by atoms with E-state index < -0.39 is 0 Å². The Kier molecular flexibility index (Phi) is 2.55. The molecule has 1 rings (SSSR count). The lowest BCUT2D eigenvalue weighted by molar-refractivity contribution is 0.599. The van der Waals surface area contributed by atoms with Gasteiger partial charge in [-0.25, -0.2) is 0 Å². The van der Waals surface area contributed by atoms with Crippen molar-refractivity contribution in [3.63, 3.8) is 0 Å². The molecule has 56 valence electrons. The second kappa shape index (κ2) is 3.45. The summed E-state index contributed by atoms with van der Waals surface area (Å²) in [4.78, 5) is 0. The molecule has 0 unspecified atom stereocenters. The van der Waals surface area contributed by atoms with E-state index in [4.69, 9.17) is 0 Å². The SMILES string of the molecule is CC[C@H](C)C1=CC=CCN1. The fourth-order valence-electron chi connectivity index (χ4n) is 1.03. The summed E-state index contributed by atoms with van der Waals surface area (Å²) in [5.74, 6) is 0.685. The monoisotopic (exact) mass is 137 g/mol. The minimum atomic E-state index is 0.685. The zero-order valence-electron chi connectivity index (χ0n) is 6.72. The second-order valence-corrected chi connectivity index (χ2v) is 2.74. The highest BCUT2D eigenvalue weighted by atomic mass is 14.9. The molecule has 1 nitrogen and oxygen atoms in total. The van der Waals surface area contributed by atoms with Crippen molar-refractivity contribution in [2.45, 2.75) is 20.3 Å². The lowest BCUT2D eigenvalue weighted by Crippen LogP contribution is -2.20. The van der Waals surface area contributed by atoms with E-state index in [2.05, 4.69) is 37.4 Å². The molecule has 0 spiro atoms. The first-order chi connectivity index (χ1) is 4.84. The first kappa shape index (κ1) is 7.39. The summed E-state index contributed by atoms with van der Waals surface area (Å²) < 4.78 is 0.